The summed E-state index contributed by atoms with van der Waals surface area (Å²) in [5, 5.41) is 17.1. The van der Waals surface area contributed by atoms with Crippen molar-refractivity contribution in [1.29, 1.82) is 0 Å². The van der Waals surface area contributed by atoms with E-state index < -0.39 is 11.9 Å². The lowest BCUT2D eigenvalue weighted by atomic mass is 10.3. The molecule has 1 unspecified atom stereocenters. The van der Waals surface area contributed by atoms with Crippen LogP contribution in [0.15, 0.2) is 30.6 Å². The van der Waals surface area contributed by atoms with Crippen molar-refractivity contribution < 1.29 is 9.50 Å². The number of anilines is 1. The van der Waals surface area contributed by atoms with Crippen LogP contribution in [0.25, 0.3) is 0 Å². The molecule has 0 saturated heterocycles. The van der Waals surface area contributed by atoms with Crippen molar-refractivity contribution in [3.63, 3.8) is 0 Å². The van der Waals surface area contributed by atoms with E-state index in [-0.39, 0.29) is 16.6 Å². The minimum Gasteiger partial charge on any atom is -0.389 e. The van der Waals surface area contributed by atoms with Gasteiger partial charge in [0, 0.05) is 18.9 Å². The molecule has 1 atom stereocenters. The molecule has 7 heteroatoms. The zero-order valence-electron chi connectivity index (χ0n) is 9.85. The second-order valence-electron chi connectivity index (χ2n) is 4.01. The number of aliphatic hydroxyl groups is 1. The molecule has 4 nitrogen and oxygen atoms in total. The molecule has 0 spiro atoms. The lowest BCUT2D eigenvalue weighted by Gasteiger charge is -2.15. The zero-order chi connectivity index (χ0) is 13.8. The summed E-state index contributed by atoms with van der Waals surface area (Å²) in [6.45, 7) is 0.571. The van der Waals surface area contributed by atoms with Crippen molar-refractivity contribution in [3.05, 3.63) is 46.5 Å². The monoisotopic (exact) mass is 303 g/mol. The van der Waals surface area contributed by atoms with Crippen molar-refractivity contribution in [2.24, 2.45) is 0 Å². The molecule has 19 heavy (non-hydrogen) atoms. The van der Waals surface area contributed by atoms with Crippen LogP contribution in [-0.4, -0.2) is 27.5 Å². The Labute approximate surface area is 119 Å². The molecule has 0 radical (unpaired) electrons. The van der Waals surface area contributed by atoms with Crippen molar-refractivity contribution in [2.45, 2.75) is 12.6 Å². The standard InChI is InChI=1S/C12H12Cl2FN3O/c13-10-4-8(15)5-11(14)12(10)16-6-9(19)7-18-3-1-2-17-18/h1-5,9,16,19H,6-7H2. The molecular formula is C12H12Cl2FN3O. The minimum absolute atomic E-state index is 0.177. The van der Waals surface area contributed by atoms with E-state index in [0.29, 0.717) is 12.2 Å². The molecule has 0 amide bonds. The summed E-state index contributed by atoms with van der Waals surface area (Å²) >= 11 is 11.7. The van der Waals surface area contributed by atoms with Gasteiger partial charge in [-0.2, -0.15) is 5.10 Å². The SMILES string of the molecule is OC(CNc1c(Cl)cc(F)cc1Cl)Cn1cccn1. The van der Waals surface area contributed by atoms with E-state index in [1.54, 1.807) is 23.1 Å². The largest absolute Gasteiger partial charge is 0.389 e. The van der Waals surface area contributed by atoms with E-state index in [4.69, 9.17) is 23.2 Å². The molecule has 0 fully saturated rings. The first kappa shape index (κ1) is 14.1. The second kappa shape index (κ2) is 6.23. The van der Waals surface area contributed by atoms with Gasteiger partial charge in [0.25, 0.3) is 0 Å². The molecule has 2 N–H and O–H groups in total. The third-order valence-corrected chi connectivity index (χ3v) is 3.07. The molecule has 0 aliphatic rings. The fourth-order valence-electron chi connectivity index (χ4n) is 1.62. The quantitative estimate of drug-likeness (QED) is 0.893. The Bertz CT molecular complexity index is 525. The van der Waals surface area contributed by atoms with Gasteiger partial charge in [0.15, 0.2) is 0 Å². The van der Waals surface area contributed by atoms with Crippen molar-refractivity contribution in [2.75, 3.05) is 11.9 Å². The molecule has 1 heterocycles. The van der Waals surface area contributed by atoms with Crippen molar-refractivity contribution in [1.82, 2.24) is 9.78 Å². The number of aliphatic hydroxyl groups excluding tert-OH is 1. The highest BCUT2D eigenvalue weighted by Crippen LogP contribution is 2.31. The van der Waals surface area contributed by atoms with Gasteiger partial charge in [-0.1, -0.05) is 23.2 Å². The first-order valence-electron chi connectivity index (χ1n) is 5.60. The fourth-order valence-corrected chi connectivity index (χ4v) is 2.21. The third kappa shape index (κ3) is 3.83. The van der Waals surface area contributed by atoms with Crippen LogP contribution in [0.2, 0.25) is 10.0 Å². The maximum absolute atomic E-state index is 13.0. The Kier molecular flexibility index (Phi) is 4.63. The smallest absolute Gasteiger partial charge is 0.126 e. The average Bonchev–Trinajstić information content (AvgIpc) is 2.80. The van der Waals surface area contributed by atoms with Crippen molar-refractivity contribution in [3.8, 4) is 0 Å². The first-order chi connectivity index (χ1) is 9.06. The van der Waals surface area contributed by atoms with Crippen LogP contribution in [0.5, 0.6) is 0 Å². The van der Waals surface area contributed by atoms with Gasteiger partial charge in [-0.3, -0.25) is 4.68 Å². The van der Waals surface area contributed by atoms with Gasteiger partial charge in [-0.25, -0.2) is 4.39 Å². The number of hydrogen-bond acceptors (Lipinski definition) is 3. The van der Waals surface area contributed by atoms with Gasteiger partial charge in [-0.05, 0) is 18.2 Å². The summed E-state index contributed by atoms with van der Waals surface area (Å²) in [6.07, 6.45) is 2.71. The highest BCUT2D eigenvalue weighted by molar-refractivity contribution is 6.39. The zero-order valence-corrected chi connectivity index (χ0v) is 11.4. The number of rotatable bonds is 5. The summed E-state index contributed by atoms with van der Waals surface area (Å²) in [5.74, 6) is -0.502. The number of halogens is 3. The lowest BCUT2D eigenvalue weighted by Crippen LogP contribution is -2.25. The van der Waals surface area contributed by atoms with Gasteiger partial charge < -0.3 is 10.4 Å². The van der Waals surface area contributed by atoms with E-state index in [0.717, 1.165) is 12.1 Å². The lowest BCUT2D eigenvalue weighted by molar-refractivity contribution is 0.161. The molecule has 2 aromatic rings. The summed E-state index contributed by atoms with van der Waals surface area (Å²) in [6, 6.07) is 4.10. The third-order valence-electron chi connectivity index (χ3n) is 2.48. The summed E-state index contributed by atoms with van der Waals surface area (Å²) < 4.78 is 14.6. The second-order valence-corrected chi connectivity index (χ2v) is 4.82. The number of nitrogens with zero attached hydrogens (tertiary/aromatic N) is 2. The van der Waals surface area contributed by atoms with E-state index in [1.807, 2.05) is 0 Å². The Hall–Kier alpha value is -1.30. The van der Waals surface area contributed by atoms with E-state index in [1.165, 1.54) is 0 Å². The molecule has 1 aromatic heterocycles. The predicted octanol–water partition coefficient (Wildman–Crippen LogP) is 2.80. The van der Waals surface area contributed by atoms with Gasteiger partial charge in [0.1, 0.15) is 5.82 Å². The van der Waals surface area contributed by atoms with Crippen LogP contribution < -0.4 is 5.32 Å². The molecule has 1 aromatic carbocycles. The van der Waals surface area contributed by atoms with E-state index in [9.17, 15) is 9.50 Å². The molecule has 2 rings (SSSR count). The topological polar surface area (TPSA) is 50.1 Å². The number of nitrogens with one attached hydrogen (secondary N) is 1. The highest BCUT2D eigenvalue weighted by atomic mass is 35.5. The van der Waals surface area contributed by atoms with Gasteiger partial charge in [0.05, 0.1) is 28.4 Å². The number of aromatic nitrogens is 2. The van der Waals surface area contributed by atoms with Crippen LogP contribution in [0.3, 0.4) is 0 Å². The Balaban J connectivity index is 1.95. The molecule has 102 valence electrons. The Morgan fingerprint density at radius 1 is 1.37 bits per heavy atom. The summed E-state index contributed by atoms with van der Waals surface area (Å²) in [4.78, 5) is 0. The molecule has 0 aliphatic carbocycles. The Morgan fingerprint density at radius 3 is 2.63 bits per heavy atom. The van der Waals surface area contributed by atoms with Crippen LogP contribution in [-0.2, 0) is 6.54 Å². The van der Waals surface area contributed by atoms with E-state index >= 15 is 0 Å². The minimum atomic E-state index is -0.669. The molecule has 0 aliphatic heterocycles. The van der Waals surface area contributed by atoms with Crippen LogP contribution in [0.4, 0.5) is 10.1 Å². The number of benzene rings is 1. The summed E-state index contributed by atoms with van der Waals surface area (Å²) in [7, 11) is 0. The van der Waals surface area contributed by atoms with E-state index in [2.05, 4.69) is 10.4 Å². The van der Waals surface area contributed by atoms with Crippen LogP contribution in [0.1, 0.15) is 0 Å². The van der Waals surface area contributed by atoms with Gasteiger partial charge >= 0.3 is 0 Å². The maximum Gasteiger partial charge on any atom is 0.126 e. The van der Waals surface area contributed by atoms with Crippen LogP contribution in [0, 0.1) is 5.82 Å². The fraction of sp³-hybridized carbons (Fsp3) is 0.250. The maximum atomic E-state index is 13.0. The highest BCUT2D eigenvalue weighted by Gasteiger charge is 2.11. The first-order valence-corrected chi connectivity index (χ1v) is 6.36. The molecule has 0 saturated carbocycles. The van der Waals surface area contributed by atoms with Gasteiger partial charge in [-0.15, -0.1) is 0 Å². The van der Waals surface area contributed by atoms with Crippen molar-refractivity contribution >= 4 is 28.9 Å². The molecular weight excluding hydrogens is 292 g/mol. The van der Waals surface area contributed by atoms with Gasteiger partial charge in [0.2, 0.25) is 0 Å². The number of hydrogen-bond donors (Lipinski definition) is 2. The Morgan fingerprint density at radius 2 is 2.05 bits per heavy atom. The average molecular weight is 304 g/mol. The predicted molar refractivity (Wildman–Crippen MR) is 73.1 cm³/mol. The normalized spacial score (nSPS) is 12.4. The summed E-state index contributed by atoms with van der Waals surface area (Å²) in [5.41, 5.74) is 0.407. The molecule has 0 bridgehead atoms. The van der Waals surface area contributed by atoms with Crippen LogP contribution >= 0.6 is 23.2 Å².